The predicted octanol–water partition coefficient (Wildman–Crippen LogP) is 4.26. The molecule has 0 radical (unpaired) electrons. The van der Waals surface area contributed by atoms with Gasteiger partial charge in [0.15, 0.2) is 0 Å². The number of nitriles is 1. The van der Waals surface area contributed by atoms with Gasteiger partial charge in [-0.1, -0.05) is 17.2 Å². The molecule has 1 unspecified atom stereocenters. The van der Waals surface area contributed by atoms with Gasteiger partial charge in [0.25, 0.3) is 0 Å². The molecule has 1 aliphatic heterocycles. The summed E-state index contributed by atoms with van der Waals surface area (Å²) in [7, 11) is 2.13. The van der Waals surface area contributed by atoms with Gasteiger partial charge in [-0.2, -0.15) is 5.26 Å². The fraction of sp³-hybridized carbons (Fsp3) is 0.333. The van der Waals surface area contributed by atoms with Crippen molar-refractivity contribution < 1.29 is 0 Å². The fourth-order valence-corrected chi connectivity index (χ4v) is 3.97. The van der Waals surface area contributed by atoms with E-state index < -0.39 is 0 Å². The van der Waals surface area contributed by atoms with Gasteiger partial charge in [0.05, 0.1) is 17.7 Å². The zero-order valence-electron chi connectivity index (χ0n) is 16.0. The van der Waals surface area contributed by atoms with Crippen LogP contribution in [0.25, 0.3) is 21.5 Å². The molecule has 4 rings (SSSR count). The van der Waals surface area contributed by atoms with Crippen LogP contribution in [0.4, 0.5) is 0 Å². The lowest BCUT2D eigenvalue weighted by Gasteiger charge is -2.25. The van der Waals surface area contributed by atoms with Gasteiger partial charge < -0.3 is 9.47 Å². The minimum atomic E-state index is -0.361. The van der Waals surface area contributed by atoms with Crippen molar-refractivity contribution in [3.63, 3.8) is 0 Å². The summed E-state index contributed by atoms with van der Waals surface area (Å²) >= 11 is 0. The standard InChI is InChI=1S/C21H21N7/c1-14-9-17-18-12-27(2)8-7-20(18)28(21(17)24-11-14)13-19(25-26-23)16-5-3-15(10-22)4-6-16/h3-6,9,11,19H,7-8,12-13H2,1-2H3. The van der Waals surface area contributed by atoms with Crippen LogP contribution in [0.1, 0.15) is 34.0 Å². The van der Waals surface area contributed by atoms with Crippen molar-refractivity contribution in [1.29, 1.82) is 5.26 Å². The highest BCUT2D eigenvalue weighted by Crippen LogP contribution is 2.32. The minimum absolute atomic E-state index is 0.361. The lowest BCUT2D eigenvalue weighted by Crippen LogP contribution is -2.27. The van der Waals surface area contributed by atoms with Crippen LogP contribution in [-0.2, 0) is 19.5 Å². The van der Waals surface area contributed by atoms with E-state index in [9.17, 15) is 0 Å². The summed E-state index contributed by atoms with van der Waals surface area (Å²) in [5, 5.41) is 14.3. The molecular formula is C21H21N7. The van der Waals surface area contributed by atoms with Gasteiger partial charge in [0.1, 0.15) is 5.65 Å². The van der Waals surface area contributed by atoms with Crippen LogP contribution >= 0.6 is 0 Å². The number of likely N-dealkylation sites (N-methyl/N-ethyl adjacent to an activating group) is 1. The second-order valence-electron chi connectivity index (χ2n) is 7.36. The highest BCUT2D eigenvalue weighted by Gasteiger charge is 2.25. The van der Waals surface area contributed by atoms with Crippen molar-refractivity contribution >= 4 is 11.0 Å². The molecule has 0 aliphatic carbocycles. The van der Waals surface area contributed by atoms with Crippen molar-refractivity contribution in [2.45, 2.75) is 32.5 Å². The van der Waals surface area contributed by atoms with Gasteiger partial charge in [0, 0.05) is 48.2 Å². The number of pyridine rings is 1. The smallest absolute Gasteiger partial charge is 0.140 e. The molecule has 1 atom stereocenters. The van der Waals surface area contributed by atoms with E-state index in [2.05, 4.69) is 45.6 Å². The van der Waals surface area contributed by atoms with Gasteiger partial charge in [-0.05, 0) is 54.4 Å². The first kappa shape index (κ1) is 18.1. The molecule has 7 heteroatoms. The Bertz CT molecular complexity index is 1110. The zero-order valence-corrected chi connectivity index (χ0v) is 16.0. The molecule has 0 spiro atoms. The number of aryl methyl sites for hydroxylation is 1. The third-order valence-corrected chi connectivity index (χ3v) is 5.39. The van der Waals surface area contributed by atoms with Crippen molar-refractivity contribution in [3.05, 3.63) is 74.9 Å². The molecule has 0 bridgehead atoms. The first-order valence-corrected chi connectivity index (χ1v) is 9.30. The Balaban J connectivity index is 1.81. The van der Waals surface area contributed by atoms with Crippen molar-refractivity contribution in [2.24, 2.45) is 5.11 Å². The summed E-state index contributed by atoms with van der Waals surface area (Å²) in [6, 6.07) is 11.2. The average molecular weight is 371 g/mol. The Hall–Kier alpha value is -3.33. The van der Waals surface area contributed by atoms with Crippen LogP contribution in [0.2, 0.25) is 0 Å². The molecule has 0 amide bonds. The lowest BCUT2D eigenvalue weighted by atomic mass is 10.0. The lowest BCUT2D eigenvalue weighted by molar-refractivity contribution is 0.308. The second-order valence-corrected chi connectivity index (χ2v) is 7.36. The number of rotatable bonds is 4. The van der Waals surface area contributed by atoms with E-state index in [1.807, 2.05) is 18.3 Å². The molecule has 0 saturated heterocycles. The molecule has 3 aromatic rings. The fourth-order valence-electron chi connectivity index (χ4n) is 3.97. The SMILES string of the molecule is Cc1cnc2c(c1)c1c(n2CC(N=[N+]=[N-])c2ccc(C#N)cc2)CCN(C)C1. The van der Waals surface area contributed by atoms with Crippen molar-refractivity contribution in [2.75, 3.05) is 13.6 Å². The van der Waals surface area contributed by atoms with E-state index in [1.54, 1.807) is 12.1 Å². The average Bonchev–Trinajstić information content (AvgIpc) is 3.00. The van der Waals surface area contributed by atoms with Crippen LogP contribution in [0.5, 0.6) is 0 Å². The Kier molecular flexibility index (Phi) is 4.74. The number of hydrogen-bond acceptors (Lipinski definition) is 4. The maximum atomic E-state index is 9.12. The number of azide groups is 1. The van der Waals surface area contributed by atoms with Crippen LogP contribution < -0.4 is 0 Å². The maximum absolute atomic E-state index is 9.12. The summed E-state index contributed by atoms with van der Waals surface area (Å²) in [6.07, 6.45) is 2.83. The second kappa shape index (κ2) is 7.35. The Morgan fingerprint density at radius 3 is 2.86 bits per heavy atom. The van der Waals surface area contributed by atoms with Crippen LogP contribution in [0, 0.1) is 18.3 Å². The third kappa shape index (κ3) is 3.20. The summed E-state index contributed by atoms with van der Waals surface area (Å²) in [5.41, 5.74) is 15.3. The number of benzene rings is 1. The number of nitrogens with zero attached hydrogens (tertiary/aromatic N) is 7. The largest absolute Gasteiger partial charge is 0.329 e. The molecule has 2 aromatic heterocycles. The van der Waals surface area contributed by atoms with Gasteiger partial charge >= 0.3 is 0 Å². The molecule has 3 heterocycles. The summed E-state index contributed by atoms with van der Waals surface area (Å²) in [5.74, 6) is 0. The first-order chi connectivity index (χ1) is 13.6. The summed E-state index contributed by atoms with van der Waals surface area (Å²) < 4.78 is 2.22. The monoisotopic (exact) mass is 371 g/mol. The normalized spacial score (nSPS) is 14.9. The van der Waals surface area contributed by atoms with Crippen LogP contribution in [0.15, 0.2) is 41.6 Å². The Labute approximate surface area is 163 Å². The minimum Gasteiger partial charge on any atom is -0.329 e. The number of fused-ring (bicyclic) bond motifs is 3. The van der Waals surface area contributed by atoms with Gasteiger partial charge in [-0.25, -0.2) is 4.98 Å². The topological polar surface area (TPSA) is 93.6 Å². The molecule has 7 nitrogen and oxygen atoms in total. The highest BCUT2D eigenvalue weighted by atomic mass is 15.2. The Morgan fingerprint density at radius 2 is 2.14 bits per heavy atom. The van der Waals surface area contributed by atoms with E-state index in [-0.39, 0.29) is 6.04 Å². The van der Waals surface area contributed by atoms with E-state index >= 15 is 0 Å². The van der Waals surface area contributed by atoms with E-state index in [0.717, 1.165) is 36.3 Å². The maximum Gasteiger partial charge on any atom is 0.140 e. The number of aromatic nitrogens is 2. The molecule has 1 aliphatic rings. The molecular weight excluding hydrogens is 350 g/mol. The van der Waals surface area contributed by atoms with Crippen molar-refractivity contribution in [3.8, 4) is 6.07 Å². The van der Waals surface area contributed by atoms with E-state index in [0.29, 0.717) is 12.1 Å². The van der Waals surface area contributed by atoms with E-state index in [1.165, 1.54) is 16.6 Å². The first-order valence-electron chi connectivity index (χ1n) is 9.30. The molecule has 140 valence electrons. The summed E-state index contributed by atoms with van der Waals surface area (Å²) in [4.78, 5) is 10.1. The van der Waals surface area contributed by atoms with Gasteiger partial charge in [-0.15, -0.1) is 0 Å². The van der Waals surface area contributed by atoms with Crippen LogP contribution in [0.3, 0.4) is 0 Å². The Morgan fingerprint density at radius 1 is 1.36 bits per heavy atom. The highest BCUT2D eigenvalue weighted by molar-refractivity contribution is 5.83. The quantitative estimate of drug-likeness (QED) is 0.390. The molecule has 0 saturated carbocycles. The van der Waals surface area contributed by atoms with Gasteiger partial charge in [0.2, 0.25) is 0 Å². The zero-order chi connectivity index (χ0) is 19.7. The number of hydrogen-bond donors (Lipinski definition) is 0. The van der Waals surface area contributed by atoms with Gasteiger partial charge in [-0.3, -0.25) is 0 Å². The molecule has 28 heavy (non-hydrogen) atoms. The molecule has 0 fully saturated rings. The summed E-state index contributed by atoms with van der Waals surface area (Å²) in [6.45, 7) is 4.47. The van der Waals surface area contributed by atoms with Crippen molar-refractivity contribution in [1.82, 2.24) is 14.5 Å². The molecule has 0 N–H and O–H groups in total. The predicted molar refractivity (Wildman–Crippen MR) is 108 cm³/mol. The molecule has 1 aromatic carbocycles. The van der Waals surface area contributed by atoms with E-state index in [4.69, 9.17) is 15.8 Å². The van der Waals surface area contributed by atoms with Crippen LogP contribution in [-0.4, -0.2) is 28.0 Å². The third-order valence-electron chi connectivity index (χ3n) is 5.39.